The molecular formula is C21H24N6O. The smallest absolute Gasteiger partial charge is 0.281 e. The van der Waals surface area contributed by atoms with Gasteiger partial charge in [0, 0.05) is 18.9 Å². The molecule has 0 unspecified atom stereocenters. The van der Waals surface area contributed by atoms with Crippen LogP contribution in [0.2, 0.25) is 0 Å². The van der Waals surface area contributed by atoms with Gasteiger partial charge in [-0.3, -0.25) is 9.36 Å². The van der Waals surface area contributed by atoms with Crippen LogP contribution in [0, 0.1) is 0 Å². The molecule has 7 nitrogen and oxygen atoms in total. The molecule has 0 saturated heterocycles. The van der Waals surface area contributed by atoms with Gasteiger partial charge in [0.25, 0.3) is 5.56 Å². The van der Waals surface area contributed by atoms with Crippen molar-refractivity contribution >= 4 is 16.9 Å². The van der Waals surface area contributed by atoms with Crippen molar-refractivity contribution in [3.63, 3.8) is 0 Å². The molecule has 0 bridgehead atoms. The van der Waals surface area contributed by atoms with Crippen molar-refractivity contribution in [3.05, 3.63) is 57.9 Å². The van der Waals surface area contributed by atoms with Gasteiger partial charge >= 0.3 is 0 Å². The van der Waals surface area contributed by atoms with Crippen LogP contribution in [0.4, 0.5) is 0 Å². The van der Waals surface area contributed by atoms with Crippen LogP contribution in [0.15, 0.2) is 35.1 Å². The highest BCUT2D eigenvalue weighted by Crippen LogP contribution is 2.33. The van der Waals surface area contributed by atoms with Crippen LogP contribution in [0.25, 0.3) is 16.9 Å². The number of nitrogens with zero attached hydrogens (tertiary/aromatic N) is 5. The number of rotatable bonds is 5. The lowest BCUT2D eigenvalue weighted by Gasteiger charge is -2.02. The standard InChI is InChI=1S/C21H24N6O/c1-2-26-20(28)17-19(24-18(23-17)15-10-6-7-11-15)27-21(26)22-16(25-27)13-12-14-8-4-3-5-9-14/h3-5,8-9,15H,2,6-7,10-13H2,1H3,(H,23,24). The van der Waals surface area contributed by atoms with Crippen LogP contribution in [0.1, 0.15) is 55.7 Å². The second-order valence-electron chi connectivity index (χ2n) is 7.58. The van der Waals surface area contributed by atoms with E-state index in [2.05, 4.69) is 22.1 Å². The lowest BCUT2D eigenvalue weighted by atomic mass is 10.1. The Bertz CT molecular complexity index is 1180. The number of aryl methyl sites for hydroxylation is 3. The second-order valence-corrected chi connectivity index (χ2v) is 7.58. The zero-order valence-electron chi connectivity index (χ0n) is 16.1. The van der Waals surface area contributed by atoms with Gasteiger partial charge in [0.05, 0.1) is 0 Å². The molecule has 7 heteroatoms. The number of H-pyrrole nitrogens is 1. The SMILES string of the molecule is CCn1c(=O)c2[nH]c(C3CCCC3)nc2n2nc(CCc3ccccc3)nc12. The summed E-state index contributed by atoms with van der Waals surface area (Å²) >= 11 is 0. The van der Waals surface area contributed by atoms with E-state index >= 15 is 0 Å². The summed E-state index contributed by atoms with van der Waals surface area (Å²) in [5, 5.41) is 4.71. The van der Waals surface area contributed by atoms with E-state index in [1.165, 1.54) is 18.4 Å². The van der Waals surface area contributed by atoms with Crippen molar-refractivity contribution in [2.75, 3.05) is 0 Å². The minimum absolute atomic E-state index is 0.0660. The van der Waals surface area contributed by atoms with E-state index in [0.717, 1.165) is 37.3 Å². The zero-order valence-corrected chi connectivity index (χ0v) is 16.1. The molecule has 0 atom stereocenters. The number of aromatic nitrogens is 6. The third-order valence-electron chi connectivity index (χ3n) is 5.78. The van der Waals surface area contributed by atoms with Gasteiger partial charge in [0.2, 0.25) is 5.78 Å². The van der Waals surface area contributed by atoms with Crippen LogP contribution in [-0.2, 0) is 19.4 Å². The summed E-state index contributed by atoms with van der Waals surface area (Å²) in [6.45, 7) is 2.51. The maximum Gasteiger partial charge on any atom is 0.281 e. The molecule has 3 aromatic heterocycles. The van der Waals surface area contributed by atoms with E-state index in [9.17, 15) is 4.79 Å². The topological polar surface area (TPSA) is 80.9 Å². The molecule has 1 aliphatic carbocycles. The van der Waals surface area contributed by atoms with Crippen LogP contribution in [0.5, 0.6) is 0 Å². The average molecular weight is 376 g/mol. The fraction of sp³-hybridized carbons (Fsp3) is 0.429. The Balaban J connectivity index is 1.59. The molecule has 1 N–H and O–H groups in total. The molecule has 0 aliphatic heterocycles. The Kier molecular flexibility index (Phi) is 4.22. The minimum Gasteiger partial charge on any atom is -0.336 e. The largest absolute Gasteiger partial charge is 0.336 e. The number of benzene rings is 1. The van der Waals surface area contributed by atoms with Crippen molar-refractivity contribution < 1.29 is 0 Å². The quantitative estimate of drug-likeness (QED) is 0.580. The lowest BCUT2D eigenvalue weighted by molar-refractivity contribution is 0.680. The molecular weight excluding hydrogens is 352 g/mol. The molecule has 28 heavy (non-hydrogen) atoms. The van der Waals surface area contributed by atoms with Crippen molar-refractivity contribution in [2.45, 2.75) is 57.9 Å². The highest BCUT2D eigenvalue weighted by Gasteiger charge is 2.24. The van der Waals surface area contributed by atoms with Gasteiger partial charge in [-0.2, -0.15) is 9.50 Å². The first-order valence-electron chi connectivity index (χ1n) is 10.2. The Morgan fingerprint density at radius 3 is 2.64 bits per heavy atom. The summed E-state index contributed by atoms with van der Waals surface area (Å²) in [6, 6.07) is 10.3. The molecule has 1 aliphatic rings. The number of hydrogen-bond donors (Lipinski definition) is 1. The Labute approximate surface area is 162 Å². The van der Waals surface area contributed by atoms with Crippen molar-refractivity contribution in [1.29, 1.82) is 0 Å². The lowest BCUT2D eigenvalue weighted by Crippen LogP contribution is -2.22. The maximum atomic E-state index is 13.0. The molecule has 1 saturated carbocycles. The van der Waals surface area contributed by atoms with E-state index in [4.69, 9.17) is 10.1 Å². The zero-order chi connectivity index (χ0) is 19.1. The molecule has 4 aromatic rings. The molecule has 3 heterocycles. The minimum atomic E-state index is -0.0660. The molecule has 0 amide bonds. The maximum absolute atomic E-state index is 13.0. The second kappa shape index (κ2) is 6.89. The Morgan fingerprint density at radius 2 is 1.89 bits per heavy atom. The normalized spacial score (nSPS) is 15.2. The Hall–Kier alpha value is -2.96. The number of hydrogen-bond acceptors (Lipinski definition) is 4. The monoisotopic (exact) mass is 376 g/mol. The Morgan fingerprint density at radius 1 is 1.11 bits per heavy atom. The van der Waals surface area contributed by atoms with Gasteiger partial charge in [0.1, 0.15) is 5.82 Å². The van der Waals surface area contributed by atoms with Crippen molar-refractivity contribution in [1.82, 2.24) is 29.1 Å². The molecule has 1 fully saturated rings. The number of aromatic amines is 1. The predicted molar refractivity (Wildman–Crippen MR) is 108 cm³/mol. The van der Waals surface area contributed by atoms with Crippen molar-refractivity contribution in [2.24, 2.45) is 0 Å². The summed E-state index contributed by atoms with van der Waals surface area (Å²) in [5.74, 6) is 2.65. The highest BCUT2D eigenvalue weighted by molar-refractivity contribution is 5.72. The van der Waals surface area contributed by atoms with Gasteiger partial charge in [0.15, 0.2) is 17.0 Å². The van der Waals surface area contributed by atoms with Crippen molar-refractivity contribution in [3.8, 4) is 0 Å². The van der Waals surface area contributed by atoms with E-state index in [-0.39, 0.29) is 5.56 Å². The van der Waals surface area contributed by atoms with E-state index in [0.29, 0.717) is 29.4 Å². The fourth-order valence-corrected chi connectivity index (χ4v) is 4.26. The molecule has 144 valence electrons. The van der Waals surface area contributed by atoms with Gasteiger partial charge in [-0.25, -0.2) is 4.98 Å². The molecule has 1 aromatic carbocycles. The summed E-state index contributed by atoms with van der Waals surface area (Å²) < 4.78 is 3.42. The number of nitrogens with one attached hydrogen (secondary N) is 1. The molecule has 0 spiro atoms. The van der Waals surface area contributed by atoms with Gasteiger partial charge in [-0.15, -0.1) is 5.10 Å². The third kappa shape index (κ3) is 2.82. The predicted octanol–water partition coefficient (Wildman–Crippen LogP) is 3.23. The summed E-state index contributed by atoms with van der Waals surface area (Å²) in [6.07, 6.45) is 6.30. The fourth-order valence-electron chi connectivity index (χ4n) is 4.26. The molecule has 0 radical (unpaired) electrons. The molecule has 5 rings (SSSR count). The van der Waals surface area contributed by atoms with E-state index in [1.807, 2.05) is 25.1 Å². The van der Waals surface area contributed by atoms with Gasteiger partial charge in [-0.05, 0) is 31.7 Å². The van der Waals surface area contributed by atoms with Crippen LogP contribution >= 0.6 is 0 Å². The first kappa shape index (κ1) is 17.2. The van der Waals surface area contributed by atoms with E-state index in [1.54, 1.807) is 9.08 Å². The highest BCUT2D eigenvalue weighted by atomic mass is 16.1. The van der Waals surface area contributed by atoms with Crippen LogP contribution < -0.4 is 5.56 Å². The van der Waals surface area contributed by atoms with E-state index < -0.39 is 0 Å². The first-order valence-corrected chi connectivity index (χ1v) is 10.2. The summed E-state index contributed by atoms with van der Waals surface area (Å²) in [5.41, 5.74) is 2.33. The number of fused-ring (bicyclic) bond motifs is 3. The summed E-state index contributed by atoms with van der Waals surface area (Å²) in [7, 11) is 0. The third-order valence-corrected chi connectivity index (χ3v) is 5.78. The van der Waals surface area contributed by atoms with Crippen LogP contribution in [-0.4, -0.2) is 29.1 Å². The number of imidazole rings is 1. The van der Waals surface area contributed by atoms with Gasteiger partial charge < -0.3 is 4.98 Å². The van der Waals surface area contributed by atoms with Gasteiger partial charge in [-0.1, -0.05) is 43.2 Å². The first-order chi connectivity index (χ1) is 13.7. The average Bonchev–Trinajstić information content (AvgIpc) is 3.46. The summed E-state index contributed by atoms with van der Waals surface area (Å²) in [4.78, 5) is 25.8. The van der Waals surface area contributed by atoms with Crippen LogP contribution in [0.3, 0.4) is 0 Å².